The Morgan fingerprint density at radius 3 is 2.41 bits per heavy atom. The molecule has 152 valence electrons. The number of esters is 2. The molecule has 2 aromatic rings. The van der Waals surface area contributed by atoms with Crippen molar-refractivity contribution in [3.05, 3.63) is 60.2 Å². The number of methoxy groups -OCH3 is 1. The number of para-hydroxylation sites is 1. The van der Waals surface area contributed by atoms with Gasteiger partial charge in [-0.3, -0.25) is 9.59 Å². The van der Waals surface area contributed by atoms with E-state index >= 15 is 0 Å². The number of hydrogen-bond acceptors (Lipinski definition) is 7. The summed E-state index contributed by atoms with van der Waals surface area (Å²) in [5.41, 5.74) is 0.319. The summed E-state index contributed by atoms with van der Waals surface area (Å²) in [6.45, 7) is 0.374. The normalized spacial score (nSPS) is 16.0. The number of thioether (sulfide) groups is 1. The van der Waals surface area contributed by atoms with E-state index in [1.54, 1.807) is 24.3 Å². The number of carbonyl (C=O) groups is 3. The zero-order chi connectivity index (χ0) is 20.6. The van der Waals surface area contributed by atoms with Crippen LogP contribution in [0.3, 0.4) is 0 Å². The highest BCUT2D eigenvalue weighted by Crippen LogP contribution is 2.22. The van der Waals surface area contributed by atoms with Crippen LogP contribution in [0.1, 0.15) is 10.4 Å². The Kier molecular flexibility index (Phi) is 7.13. The van der Waals surface area contributed by atoms with E-state index in [0.29, 0.717) is 29.4 Å². The number of hydrogen-bond donors (Lipinski definition) is 0. The highest BCUT2D eigenvalue weighted by atomic mass is 32.2. The smallest absolute Gasteiger partial charge is 0.338 e. The minimum atomic E-state index is -0.597. The molecule has 2 aromatic carbocycles. The topological polar surface area (TPSA) is 82.1 Å². The number of benzene rings is 2. The fourth-order valence-corrected chi connectivity index (χ4v) is 3.86. The summed E-state index contributed by atoms with van der Waals surface area (Å²) in [4.78, 5) is 37.7. The van der Waals surface area contributed by atoms with E-state index in [1.165, 1.54) is 23.8 Å². The Bertz CT molecular complexity index is 855. The van der Waals surface area contributed by atoms with Crippen LogP contribution in [-0.2, 0) is 19.1 Å². The molecule has 1 aliphatic rings. The van der Waals surface area contributed by atoms with E-state index in [1.807, 2.05) is 30.3 Å². The molecule has 0 saturated carbocycles. The van der Waals surface area contributed by atoms with E-state index in [4.69, 9.17) is 14.2 Å². The van der Waals surface area contributed by atoms with Gasteiger partial charge in [0.25, 0.3) is 5.91 Å². The van der Waals surface area contributed by atoms with Crippen LogP contribution >= 0.6 is 11.8 Å². The summed E-state index contributed by atoms with van der Waals surface area (Å²) in [5, 5.41) is -0.412. The van der Waals surface area contributed by atoms with E-state index < -0.39 is 11.2 Å². The first kappa shape index (κ1) is 20.7. The number of carbonyl (C=O) groups excluding carboxylic acids is 3. The van der Waals surface area contributed by atoms with Crippen molar-refractivity contribution >= 4 is 29.6 Å². The molecule has 0 spiro atoms. The van der Waals surface area contributed by atoms with E-state index in [0.717, 1.165) is 0 Å². The molecule has 1 saturated heterocycles. The maximum atomic E-state index is 12.3. The highest BCUT2D eigenvalue weighted by molar-refractivity contribution is 8.00. The van der Waals surface area contributed by atoms with Gasteiger partial charge in [-0.2, -0.15) is 0 Å². The molecule has 0 N–H and O–H groups in total. The van der Waals surface area contributed by atoms with Crippen molar-refractivity contribution in [2.75, 3.05) is 32.6 Å². The molecule has 1 fully saturated rings. The minimum Gasteiger partial charge on any atom is -0.468 e. The summed E-state index contributed by atoms with van der Waals surface area (Å²) >= 11 is 1.45. The van der Waals surface area contributed by atoms with E-state index in [9.17, 15) is 14.4 Å². The summed E-state index contributed by atoms with van der Waals surface area (Å²) < 4.78 is 15.5. The lowest BCUT2D eigenvalue weighted by molar-refractivity contribution is -0.141. The van der Waals surface area contributed by atoms with Crippen LogP contribution in [0.5, 0.6) is 11.5 Å². The van der Waals surface area contributed by atoms with Gasteiger partial charge in [-0.1, -0.05) is 18.2 Å². The monoisotopic (exact) mass is 415 g/mol. The summed E-state index contributed by atoms with van der Waals surface area (Å²) in [6, 6.07) is 15.8. The number of ether oxygens (including phenoxy) is 3. The molecule has 8 heteroatoms. The molecule has 1 amide bonds. The third-order valence-electron chi connectivity index (χ3n) is 4.28. The first-order valence-corrected chi connectivity index (χ1v) is 10.1. The largest absolute Gasteiger partial charge is 0.468 e. The van der Waals surface area contributed by atoms with Crippen molar-refractivity contribution in [2.45, 2.75) is 5.25 Å². The van der Waals surface area contributed by atoms with E-state index in [-0.39, 0.29) is 25.0 Å². The second-order valence-electron chi connectivity index (χ2n) is 6.24. The number of rotatable bonds is 6. The van der Waals surface area contributed by atoms with Crippen molar-refractivity contribution in [1.82, 2.24) is 4.90 Å². The zero-order valence-electron chi connectivity index (χ0n) is 15.9. The lowest BCUT2D eigenvalue weighted by atomic mass is 10.2. The first-order chi connectivity index (χ1) is 14.1. The molecule has 0 bridgehead atoms. The van der Waals surface area contributed by atoms with Gasteiger partial charge in [0.2, 0.25) is 0 Å². The molecule has 0 aromatic heterocycles. The van der Waals surface area contributed by atoms with Crippen LogP contribution in [0.15, 0.2) is 54.6 Å². The van der Waals surface area contributed by atoms with Crippen molar-refractivity contribution in [3.8, 4) is 11.5 Å². The van der Waals surface area contributed by atoms with Crippen LogP contribution in [-0.4, -0.2) is 60.6 Å². The maximum Gasteiger partial charge on any atom is 0.338 e. The highest BCUT2D eigenvalue weighted by Gasteiger charge is 2.30. The minimum absolute atomic E-state index is 0.249. The van der Waals surface area contributed by atoms with Crippen LogP contribution in [0.2, 0.25) is 0 Å². The molecule has 7 nitrogen and oxygen atoms in total. The molecular formula is C21H21NO6S. The Morgan fingerprint density at radius 2 is 1.72 bits per heavy atom. The molecule has 1 heterocycles. The predicted molar refractivity (Wildman–Crippen MR) is 108 cm³/mol. The summed E-state index contributed by atoms with van der Waals surface area (Å²) in [5.74, 6) is 0.615. The average molecular weight is 415 g/mol. The molecule has 1 aliphatic heterocycles. The maximum absolute atomic E-state index is 12.3. The zero-order valence-corrected chi connectivity index (χ0v) is 16.7. The fraction of sp³-hybridized carbons (Fsp3) is 0.286. The molecule has 0 radical (unpaired) electrons. The second-order valence-corrected chi connectivity index (χ2v) is 7.55. The van der Waals surface area contributed by atoms with Crippen molar-refractivity contribution in [3.63, 3.8) is 0 Å². The third-order valence-corrected chi connectivity index (χ3v) is 5.44. The summed E-state index contributed by atoms with van der Waals surface area (Å²) in [7, 11) is 1.32. The average Bonchev–Trinajstić information content (AvgIpc) is 2.78. The van der Waals surface area contributed by atoms with Crippen LogP contribution < -0.4 is 4.74 Å². The summed E-state index contributed by atoms with van der Waals surface area (Å²) in [6.07, 6.45) is 0. The fourth-order valence-electron chi connectivity index (χ4n) is 2.74. The van der Waals surface area contributed by atoms with Gasteiger partial charge in [0.15, 0.2) is 6.61 Å². The standard InChI is InChI=1S/C21H21NO6S/c1-26-21(25)18-13-22(11-12-29-18)19(23)14-27-20(24)15-7-9-17(10-8-15)28-16-5-3-2-4-6-16/h2-10,18H,11-14H2,1H3/t18-/m0/s1. The van der Waals surface area contributed by atoms with Gasteiger partial charge >= 0.3 is 11.9 Å². The van der Waals surface area contributed by atoms with Gasteiger partial charge in [-0.25, -0.2) is 4.79 Å². The van der Waals surface area contributed by atoms with Crippen molar-refractivity contribution < 1.29 is 28.6 Å². The van der Waals surface area contributed by atoms with Crippen molar-refractivity contribution in [1.29, 1.82) is 0 Å². The molecule has 29 heavy (non-hydrogen) atoms. The first-order valence-electron chi connectivity index (χ1n) is 9.04. The van der Waals surface area contributed by atoms with Gasteiger partial charge < -0.3 is 19.1 Å². The number of amides is 1. The molecule has 0 aliphatic carbocycles. The Morgan fingerprint density at radius 1 is 1.03 bits per heavy atom. The SMILES string of the molecule is COC(=O)[C@@H]1CN(C(=O)COC(=O)c2ccc(Oc3ccccc3)cc2)CCS1. The Labute approximate surface area is 172 Å². The van der Waals surface area contributed by atoms with E-state index in [2.05, 4.69) is 0 Å². The molecule has 0 unspecified atom stereocenters. The Balaban J connectivity index is 1.50. The van der Waals surface area contributed by atoms with Crippen LogP contribution in [0.25, 0.3) is 0 Å². The molecule has 1 atom stereocenters. The number of nitrogens with zero attached hydrogens (tertiary/aromatic N) is 1. The van der Waals surface area contributed by atoms with Crippen molar-refractivity contribution in [2.24, 2.45) is 0 Å². The third kappa shape index (κ3) is 5.74. The molecule has 3 rings (SSSR count). The van der Waals surface area contributed by atoms with Gasteiger partial charge in [0.05, 0.1) is 12.7 Å². The predicted octanol–water partition coefficient (Wildman–Crippen LogP) is 2.75. The van der Waals surface area contributed by atoms with Crippen LogP contribution in [0, 0.1) is 0 Å². The second kappa shape index (κ2) is 9.97. The quantitative estimate of drug-likeness (QED) is 0.671. The van der Waals surface area contributed by atoms with Gasteiger partial charge in [-0.15, -0.1) is 11.8 Å². The van der Waals surface area contributed by atoms with Crippen LogP contribution in [0.4, 0.5) is 0 Å². The van der Waals surface area contributed by atoms with Gasteiger partial charge in [0.1, 0.15) is 16.7 Å². The lowest BCUT2D eigenvalue weighted by Crippen LogP contribution is -2.46. The lowest BCUT2D eigenvalue weighted by Gasteiger charge is -2.30. The Hall–Kier alpha value is -3.00. The van der Waals surface area contributed by atoms with Gasteiger partial charge in [-0.05, 0) is 36.4 Å². The van der Waals surface area contributed by atoms with Gasteiger partial charge in [0, 0.05) is 18.8 Å². The molecular weight excluding hydrogens is 394 g/mol.